The van der Waals surface area contributed by atoms with Crippen molar-refractivity contribution in [3.63, 3.8) is 0 Å². The third kappa shape index (κ3) is 2.81. The van der Waals surface area contributed by atoms with Gasteiger partial charge in [0.1, 0.15) is 0 Å². The van der Waals surface area contributed by atoms with Crippen LogP contribution < -0.4 is 0 Å². The lowest BCUT2D eigenvalue weighted by Crippen LogP contribution is -2.55. The zero-order chi connectivity index (χ0) is 14.1. The Bertz CT molecular complexity index is 554. The quantitative estimate of drug-likeness (QED) is 0.899. The van der Waals surface area contributed by atoms with Gasteiger partial charge in [-0.25, -0.2) is 8.42 Å². The summed E-state index contributed by atoms with van der Waals surface area (Å²) in [4.78, 5) is 0.217. The Morgan fingerprint density at radius 3 is 2.79 bits per heavy atom. The molecule has 2 rings (SSSR count). The van der Waals surface area contributed by atoms with Gasteiger partial charge in [0.15, 0.2) is 0 Å². The molecule has 5 nitrogen and oxygen atoms in total. The van der Waals surface area contributed by atoms with Gasteiger partial charge in [0.25, 0.3) is 0 Å². The summed E-state index contributed by atoms with van der Waals surface area (Å²) in [6.07, 6.45) is 0. The van der Waals surface area contributed by atoms with Crippen LogP contribution in [0.5, 0.6) is 0 Å². The van der Waals surface area contributed by atoms with Crippen LogP contribution in [0, 0.1) is 0 Å². The fraction of sp³-hybridized carbons (Fsp3) is 0.538. The van der Waals surface area contributed by atoms with Gasteiger partial charge in [-0.1, -0.05) is 12.1 Å². The number of ether oxygens (including phenoxy) is 1. The number of aliphatic hydroxyl groups is 1. The number of hydrogen-bond donors (Lipinski definition) is 1. The van der Waals surface area contributed by atoms with Crippen molar-refractivity contribution >= 4 is 10.0 Å². The van der Waals surface area contributed by atoms with Crippen molar-refractivity contribution in [3.8, 4) is 0 Å². The topological polar surface area (TPSA) is 66.8 Å². The standard InChI is InChI=1S/C13H19NO4S/c1-13(2)10-18-7-6-14(13)19(16,17)12-5-3-4-11(8-12)9-15/h3-5,8,15H,6-7,9-10H2,1-2H3. The first-order chi connectivity index (χ1) is 8.88. The number of aliphatic hydroxyl groups excluding tert-OH is 1. The molecule has 6 heteroatoms. The average Bonchev–Trinajstić information content (AvgIpc) is 2.38. The lowest BCUT2D eigenvalue weighted by molar-refractivity contribution is -0.00771. The predicted molar refractivity (Wildman–Crippen MR) is 71.2 cm³/mol. The highest BCUT2D eigenvalue weighted by atomic mass is 32.2. The molecule has 19 heavy (non-hydrogen) atoms. The third-order valence-electron chi connectivity index (χ3n) is 3.24. The van der Waals surface area contributed by atoms with Gasteiger partial charge in [-0.05, 0) is 31.5 Å². The van der Waals surface area contributed by atoms with Crippen molar-refractivity contribution in [3.05, 3.63) is 29.8 Å². The number of morpholine rings is 1. The molecular formula is C13H19NO4S. The van der Waals surface area contributed by atoms with Crippen molar-refractivity contribution in [1.29, 1.82) is 0 Å². The van der Waals surface area contributed by atoms with Crippen LogP contribution in [0.15, 0.2) is 29.2 Å². The van der Waals surface area contributed by atoms with Gasteiger partial charge in [0, 0.05) is 6.54 Å². The van der Waals surface area contributed by atoms with Crippen LogP contribution in [-0.4, -0.2) is 43.1 Å². The van der Waals surface area contributed by atoms with Crippen molar-refractivity contribution in [2.24, 2.45) is 0 Å². The molecule has 0 unspecified atom stereocenters. The van der Waals surface area contributed by atoms with Crippen LogP contribution in [0.25, 0.3) is 0 Å². The van der Waals surface area contributed by atoms with Crippen LogP contribution in [0.1, 0.15) is 19.4 Å². The molecule has 1 aliphatic heterocycles. The van der Waals surface area contributed by atoms with Crippen LogP contribution in [0.2, 0.25) is 0 Å². The summed E-state index contributed by atoms with van der Waals surface area (Å²) in [5.74, 6) is 0. The van der Waals surface area contributed by atoms with E-state index >= 15 is 0 Å². The van der Waals surface area contributed by atoms with E-state index in [1.54, 1.807) is 18.2 Å². The van der Waals surface area contributed by atoms with E-state index in [1.807, 2.05) is 13.8 Å². The Kier molecular flexibility index (Phi) is 3.96. The van der Waals surface area contributed by atoms with E-state index in [0.717, 1.165) is 0 Å². The first kappa shape index (κ1) is 14.5. The van der Waals surface area contributed by atoms with Crippen LogP contribution in [-0.2, 0) is 21.4 Å². The van der Waals surface area contributed by atoms with Gasteiger partial charge in [0.2, 0.25) is 10.0 Å². The largest absolute Gasteiger partial charge is 0.392 e. The van der Waals surface area contributed by atoms with Crippen molar-refractivity contribution < 1.29 is 18.3 Å². The molecule has 1 aromatic carbocycles. The number of hydrogen-bond acceptors (Lipinski definition) is 4. The van der Waals surface area contributed by atoms with Gasteiger partial charge < -0.3 is 9.84 Å². The Hall–Kier alpha value is -0.950. The number of sulfonamides is 1. The number of benzene rings is 1. The minimum Gasteiger partial charge on any atom is -0.392 e. The molecule has 1 saturated heterocycles. The Balaban J connectivity index is 2.41. The summed E-state index contributed by atoms with van der Waals surface area (Å²) in [7, 11) is -3.56. The van der Waals surface area contributed by atoms with Gasteiger partial charge in [-0.2, -0.15) is 4.31 Å². The van der Waals surface area contributed by atoms with E-state index in [4.69, 9.17) is 9.84 Å². The summed E-state index contributed by atoms with van der Waals surface area (Å²) in [5, 5.41) is 9.11. The highest BCUT2D eigenvalue weighted by molar-refractivity contribution is 7.89. The Labute approximate surface area is 113 Å². The molecule has 106 valence electrons. The second kappa shape index (κ2) is 5.20. The monoisotopic (exact) mass is 285 g/mol. The van der Waals surface area contributed by atoms with Gasteiger partial charge in [0.05, 0.1) is 30.3 Å². The zero-order valence-electron chi connectivity index (χ0n) is 11.2. The maximum Gasteiger partial charge on any atom is 0.243 e. The molecule has 0 amide bonds. The third-order valence-corrected chi connectivity index (χ3v) is 5.34. The number of nitrogens with zero attached hydrogens (tertiary/aromatic N) is 1. The Morgan fingerprint density at radius 1 is 1.42 bits per heavy atom. The minimum absolute atomic E-state index is 0.171. The minimum atomic E-state index is -3.56. The maximum absolute atomic E-state index is 12.7. The molecular weight excluding hydrogens is 266 g/mol. The smallest absolute Gasteiger partial charge is 0.243 e. The SMILES string of the molecule is CC1(C)COCCN1S(=O)(=O)c1cccc(CO)c1. The zero-order valence-corrected chi connectivity index (χ0v) is 12.0. The van der Waals surface area contributed by atoms with Crippen LogP contribution >= 0.6 is 0 Å². The summed E-state index contributed by atoms with van der Waals surface area (Å²) in [5.41, 5.74) is 0.0268. The normalized spacial score (nSPS) is 20.4. The van der Waals surface area contributed by atoms with E-state index in [-0.39, 0.29) is 11.5 Å². The highest BCUT2D eigenvalue weighted by Gasteiger charge is 2.39. The molecule has 0 radical (unpaired) electrons. The second-order valence-corrected chi connectivity index (χ2v) is 7.11. The predicted octanol–water partition coefficient (Wildman–Crippen LogP) is 0.978. The summed E-state index contributed by atoms with van der Waals surface area (Å²) >= 11 is 0. The van der Waals surface area contributed by atoms with Crippen LogP contribution in [0.3, 0.4) is 0 Å². The molecule has 0 atom stereocenters. The fourth-order valence-corrected chi connectivity index (χ4v) is 4.04. The van der Waals surface area contributed by atoms with Crippen molar-refractivity contribution in [1.82, 2.24) is 4.31 Å². The molecule has 1 aromatic rings. The second-order valence-electron chi connectivity index (χ2n) is 5.25. The molecule has 1 aliphatic rings. The van der Waals surface area contributed by atoms with E-state index < -0.39 is 15.6 Å². The van der Waals surface area contributed by atoms with E-state index in [0.29, 0.717) is 25.3 Å². The lowest BCUT2D eigenvalue weighted by Gasteiger charge is -2.40. The van der Waals surface area contributed by atoms with Crippen LogP contribution in [0.4, 0.5) is 0 Å². The lowest BCUT2D eigenvalue weighted by atomic mass is 10.1. The molecule has 0 spiro atoms. The van der Waals surface area contributed by atoms with E-state index in [1.165, 1.54) is 10.4 Å². The van der Waals surface area contributed by atoms with E-state index in [2.05, 4.69) is 0 Å². The van der Waals surface area contributed by atoms with Gasteiger partial charge in [-0.15, -0.1) is 0 Å². The molecule has 0 aromatic heterocycles. The van der Waals surface area contributed by atoms with Gasteiger partial charge >= 0.3 is 0 Å². The molecule has 0 bridgehead atoms. The number of rotatable bonds is 3. The molecule has 1 fully saturated rings. The van der Waals surface area contributed by atoms with Crippen molar-refractivity contribution in [2.45, 2.75) is 30.9 Å². The summed E-state index contributed by atoms with van der Waals surface area (Å²) < 4.78 is 32.1. The summed E-state index contributed by atoms with van der Waals surface area (Å²) in [6, 6.07) is 6.41. The Morgan fingerprint density at radius 2 is 2.16 bits per heavy atom. The molecule has 1 heterocycles. The highest BCUT2D eigenvalue weighted by Crippen LogP contribution is 2.27. The molecule has 1 N–H and O–H groups in total. The maximum atomic E-state index is 12.7. The molecule has 0 aliphatic carbocycles. The fourth-order valence-electron chi connectivity index (χ4n) is 2.22. The average molecular weight is 285 g/mol. The van der Waals surface area contributed by atoms with Crippen molar-refractivity contribution in [2.75, 3.05) is 19.8 Å². The first-order valence-corrected chi connectivity index (χ1v) is 7.62. The first-order valence-electron chi connectivity index (χ1n) is 6.18. The molecule has 0 saturated carbocycles. The van der Waals surface area contributed by atoms with Gasteiger partial charge in [-0.3, -0.25) is 0 Å². The summed E-state index contributed by atoms with van der Waals surface area (Å²) in [6.45, 7) is 4.65. The van der Waals surface area contributed by atoms with E-state index in [9.17, 15) is 8.42 Å².